The fourth-order valence-corrected chi connectivity index (χ4v) is 4.60. The second-order valence-corrected chi connectivity index (χ2v) is 9.99. The predicted octanol–water partition coefficient (Wildman–Crippen LogP) is 4.86. The summed E-state index contributed by atoms with van der Waals surface area (Å²) in [4.78, 5) is 63.7. The third-order valence-corrected chi connectivity index (χ3v) is 6.82. The number of esters is 1. The molecule has 0 aliphatic carbocycles. The van der Waals surface area contributed by atoms with Gasteiger partial charge >= 0.3 is 12.1 Å². The van der Waals surface area contributed by atoms with Crippen LogP contribution in [0.25, 0.3) is 0 Å². The van der Waals surface area contributed by atoms with Gasteiger partial charge in [0, 0.05) is 20.0 Å². The number of aliphatic hydroxyl groups is 1. The summed E-state index contributed by atoms with van der Waals surface area (Å²) in [5.41, 5.74) is 0.730. The first-order valence-electron chi connectivity index (χ1n) is 13.8. The summed E-state index contributed by atoms with van der Waals surface area (Å²) in [5, 5.41) is 8.78. The maximum atomic E-state index is 13.3. The largest absolute Gasteiger partial charge is 0.453 e. The van der Waals surface area contributed by atoms with Crippen molar-refractivity contribution in [2.24, 2.45) is 5.92 Å². The number of aliphatic hydroxyl groups excluding tert-OH is 1. The molecule has 1 aliphatic rings. The highest BCUT2D eigenvalue weighted by molar-refractivity contribution is 6.04. The van der Waals surface area contributed by atoms with Crippen LogP contribution in [0.15, 0.2) is 42.5 Å². The van der Waals surface area contributed by atoms with E-state index < -0.39 is 47.9 Å². The zero-order valence-corrected chi connectivity index (χ0v) is 23.2. The molecule has 9 nitrogen and oxygen atoms in total. The Labute approximate surface area is 230 Å². The monoisotopic (exact) mass is 543 g/mol. The predicted molar refractivity (Wildman–Crippen MR) is 144 cm³/mol. The summed E-state index contributed by atoms with van der Waals surface area (Å²) in [7, 11) is 0. The van der Waals surface area contributed by atoms with Crippen LogP contribution in [0.4, 0.5) is 4.79 Å². The topological polar surface area (TPSA) is 127 Å². The second kappa shape index (κ2) is 16.6. The van der Waals surface area contributed by atoms with Crippen molar-refractivity contribution in [3.05, 3.63) is 48.0 Å². The first kappa shape index (κ1) is 31.9. The van der Waals surface area contributed by atoms with Crippen molar-refractivity contribution < 1.29 is 38.6 Å². The molecule has 0 aromatic heterocycles. The minimum atomic E-state index is -1.49. The minimum Gasteiger partial charge on any atom is -0.453 e. The fourth-order valence-electron chi connectivity index (χ4n) is 4.60. The lowest BCUT2D eigenvalue weighted by Crippen LogP contribution is -2.47. The van der Waals surface area contributed by atoms with Gasteiger partial charge in [-0.3, -0.25) is 19.2 Å². The van der Waals surface area contributed by atoms with Gasteiger partial charge in [-0.25, -0.2) is 9.69 Å². The Balaban J connectivity index is 1.92. The lowest BCUT2D eigenvalue weighted by atomic mass is 9.96. The van der Waals surface area contributed by atoms with Crippen LogP contribution in [0.2, 0.25) is 0 Å². The summed E-state index contributed by atoms with van der Waals surface area (Å²) in [6, 6.07) is 8.37. The van der Waals surface area contributed by atoms with Gasteiger partial charge in [0.2, 0.25) is 5.91 Å². The molecule has 4 atom stereocenters. The van der Waals surface area contributed by atoms with Crippen LogP contribution < -0.4 is 0 Å². The molecule has 1 aliphatic heterocycles. The van der Waals surface area contributed by atoms with Gasteiger partial charge < -0.3 is 14.6 Å². The van der Waals surface area contributed by atoms with Crippen LogP contribution in [0.1, 0.15) is 90.2 Å². The standard InChI is InChI=1S/C30H41NO8/c1-21(29(36)31-22(2)28(39-30(31)37)24-15-11-10-12-16-24)27(38-23(3)33)26(35)19-18-25(34)17-13-8-6-4-5-7-9-14-20-32/h10-12,15-16,18-19,21-22,27-28,32H,4-9,13-14,17,20H2,1-3H3/t21-,22-,27-,28-/m0/s1. The Hall–Kier alpha value is -3.33. The summed E-state index contributed by atoms with van der Waals surface area (Å²) in [6.07, 6.45) is 7.28. The normalized spacial score (nSPS) is 18.6. The molecule has 214 valence electrons. The lowest BCUT2D eigenvalue weighted by Gasteiger charge is -2.26. The number of carbonyl (C=O) groups excluding carboxylic acids is 5. The summed E-state index contributed by atoms with van der Waals surface area (Å²) in [5.74, 6) is -3.58. The zero-order valence-electron chi connectivity index (χ0n) is 23.2. The number of unbranched alkanes of at least 4 members (excludes halogenated alkanes) is 7. The first-order chi connectivity index (χ1) is 18.7. The molecule has 0 unspecified atom stereocenters. The molecule has 0 spiro atoms. The van der Waals surface area contributed by atoms with Gasteiger partial charge in [-0.1, -0.05) is 68.9 Å². The highest BCUT2D eigenvalue weighted by Gasteiger charge is 2.47. The number of ketones is 2. The highest BCUT2D eigenvalue weighted by Crippen LogP contribution is 2.33. The van der Waals surface area contributed by atoms with Crippen LogP contribution in [-0.4, -0.2) is 58.3 Å². The molecule has 9 heteroatoms. The Kier molecular flexibility index (Phi) is 13.6. The number of ether oxygens (including phenoxy) is 2. The number of amides is 2. The number of hydrogen-bond donors (Lipinski definition) is 1. The SMILES string of the molecule is CC(=O)O[C@H](C(=O)C=CC(=O)CCCCCCCCCCO)[C@H](C)C(=O)N1C(=O)O[C@H](c2ccccc2)[C@@H]1C. The average molecular weight is 544 g/mol. The van der Waals surface area contributed by atoms with E-state index in [4.69, 9.17) is 14.6 Å². The molecule has 2 amide bonds. The Morgan fingerprint density at radius 2 is 1.56 bits per heavy atom. The molecule has 2 rings (SSSR count). The molecule has 1 heterocycles. The van der Waals surface area contributed by atoms with Crippen molar-refractivity contribution in [3.63, 3.8) is 0 Å². The Morgan fingerprint density at radius 1 is 0.974 bits per heavy atom. The van der Waals surface area contributed by atoms with E-state index in [1.54, 1.807) is 31.2 Å². The van der Waals surface area contributed by atoms with Gasteiger partial charge in [0.25, 0.3) is 0 Å². The van der Waals surface area contributed by atoms with Crippen molar-refractivity contribution in [2.45, 2.75) is 96.8 Å². The molecule has 0 radical (unpaired) electrons. The number of hydrogen-bond acceptors (Lipinski definition) is 8. The van der Waals surface area contributed by atoms with Gasteiger partial charge in [-0.2, -0.15) is 0 Å². The smallest absolute Gasteiger partial charge is 0.417 e. The van der Waals surface area contributed by atoms with E-state index in [-0.39, 0.29) is 12.4 Å². The molecule has 0 bridgehead atoms. The molecule has 1 fully saturated rings. The molecule has 1 aromatic rings. The molecular formula is C30H41NO8. The van der Waals surface area contributed by atoms with Crippen molar-refractivity contribution in [3.8, 4) is 0 Å². The number of nitrogens with zero attached hydrogens (tertiary/aromatic N) is 1. The number of carbonyl (C=O) groups is 5. The van der Waals surface area contributed by atoms with Crippen molar-refractivity contribution >= 4 is 29.5 Å². The van der Waals surface area contributed by atoms with Crippen LogP contribution >= 0.6 is 0 Å². The second-order valence-electron chi connectivity index (χ2n) is 9.99. The van der Waals surface area contributed by atoms with E-state index in [1.807, 2.05) is 6.07 Å². The maximum absolute atomic E-state index is 13.3. The van der Waals surface area contributed by atoms with Gasteiger partial charge in [0.15, 0.2) is 17.7 Å². The maximum Gasteiger partial charge on any atom is 0.417 e. The van der Waals surface area contributed by atoms with Gasteiger partial charge in [0.05, 0.1) is 12.0 Å². The number of cyclic esters (lactones) is 1. The Bertz CT molecular complexity index is 1010. The minimum absolute atomic E-state index is 0.228. The van der Waals surface area contributed by atoms with Crippen molar-refractivity contribution in [1.29, 1.82) is 0 Å². The summed E-state index contributed by atoms with van der Waals surface area (Å²) >= 11 is 0. The van der Waals surface area contributed by atoms with Crippen LogP contribution in [-0.2, 0) is 28.7 Å². The fraction of sp³-hybridized carbons (Fsp3) is 0.567. The number of imide groups is 1. The number of allylic oxidation sites excluding steroid dienone is 1. The highest BCUT2D eigenvalue weighted by atomic mass is 16.6. The molecule has 1 aromatic carbocycles. The Morgan fingerprint density at radius 3 is 2.15 bits per heavy atom. The average Bonchev–Trinajstić information content (AvgIpc) is 3.22. The summed E-state index contributed by atoms with van der Waals surface area (Å²) < 4.78 is 10.6. The molecule has 1 saturated heterocycles. The third-order valence-electron chi connectivity index (χ3n) is 6.82. The van der Waals surface area contributed by atoms with Gasteiger partial charge in [0.1, 0.15) is 6.10 Å². The van der Waals surface area contributed by atoms with Crippen LogP contribution in [0.5, 0.6) is 0 Å². The van der Waals surface area contributed by atoms with E-state index in [0.29, 0.717) is 12.8 Å². The third kappa shape index (κ3) is 10.1. The molecule has 1 N–H and O–H groups in total. The molecular weight excluding hydrogens is 502 g/mol. The number of benzene rings is 1. The first-order valence-corrected chi connectivity index (χ1v) is 13.8. The van der Waals surface area contributed by atoms with E-state index in [2.05, 4.69) is 0 Å². The zero-order chi connectivity index (χ0) is 28.8. The molecule has 0 saturated carbocycles. The van der Waals surface area contributed by atoms with Crippen LogP contribution in [0.3, 0.4) is 0 Å². The number of rotatable bonds is 17. The van der Waals surface area contributed by atoms with Gasteiger partial charge in [-0.05, 0) is 44.4 Å². The van der Waals surface area contributed by atoms with Crippen LogP contribution in [0, 0.1) is 5.92 Å². The quantitative estimate of drug-likeness (QED) is 0.168. The van der Waals surface area contributed by atoms with Crippen molar-refractivity contribution in [2.75, 3.05) is 6.61 Å². The van der Waals surface area contributed by atoms with E-state index in [1.165, 1.54) is 6.92 Å². The lowest BCUT2D eigenvalue weighted by molar-refractivity contribution is -0.158. The van der Waals surface area contributed by atoms with E-state index in [9.17, 15) is 24.0 Å². The van der Waals surface area contributed by atoms with E-state index in [0.717, 1.165) is 74.5 Å². The molecule has 39 heavy (non-hydrogen) atoms. The summed E-state index contributed by atoms with van der Waals surface area (Å²) in [6.45, 7) is 4.43. The van der Waals surface area contributed by atoms with E-state index >= 15 is 0 Å². The van der Waals surface area contributed by atoms with Crippen molar-refractivity contribution in [1.82, 2.24) is 4.90 Å². The van der Waals surface area contributed by atoms with Gasteiger partial charge in [-0.15, -0.1) is 0 Å².